The number of halogens is 1. The number of carboxylic acid groups (broad SMARTS) is 1. The summed E-state index contributed by atoms with van der Waals surface area (Å²) in [7, 11) is 0. The molecule has 1 heterocycles. The minimum Gasteiger partial charge on any atom is -0.478 e. The zero-order chi connectivity index (χ0) is 17.0. The molecule has 0 radical (unpaired) electrons. The number of carboxylic acids is 1. The van der Waals surface area contributed by atoms with E-state index in [4.69, 9.17) is 11.6 Å². The predicted molar refractivity (Wildman–Crippen MR) is 97.0 cm³/mol. The van der Waals surface area contributed by atoms with E-state index < -0.39 is 5.97 Å². The van der Waals surface area contributed by atoms with Crippen molar-refractivity contribution < 1.29 is 9.90 Å². The van der Waals surface area contributed by atoms with Crippen LogP contribution in [0.1, 0.15) is 67.8 Å². The van der Waals surface area contributed by atoms with E-state index in [-0.39, 0.29) is 0 Å². The van der Waals surface area contributed by atoms with Crippen LogP contribution in [-0.2, 0) is 0 Å². The SMILES string of the molecule is CCC(CC)[C@@H]1Nc2c(C(=O)O)cc(Cl)cc2[C@H]2[C@H]3CC[C@@H](C3)[C@@H]21. The monoisotopic (exact) mass is 347 g/mol. The first-order valence-electron chi connectivity index (χ1n) is 9.38. The molecule has 2 N–H and O–H groups in total. The molecule has 4 rings (SSSR count). The molecule has 2 aliphatic carbocycles. The molecule has 0 spiro atoms. The molecule has 1 aliphatic heterocycles. The van der Waals surface area contributed by atoms with Crippen molar-refractivity contribution in [1.82, 2.24) is 0 Å². The number of anilines is 1. The lowest BCUT2D eigenvalue weighted by Gasteiger charge is -2.46. The second kappa shape index (κ2) is 5.94. The van der Waals surface area contributed by atoms with Crippen LogP contribution in [0.4, 0.5) is 5.69 Å². The van der Waals surface area contributed by atoms with Crippen LogP contribution in [0.2, 0.25) is 5.02 Å². The quantitative estimate of drug-likeness (QED) is 0.766. The Balaban J connectivity index is 1.86. The minimum absolute atomic E-state index is 0.342. The fourth-order valence-electron chi connectivity index (χ4n) is 6.03. The summed E-state index contributed by atoms with van der Waals surface area (Å²) in [6.45, 7) is 4.51. The Labute approximate surface area is 148 Å². The summed E-state index contributed by atoms with van der Waals surface area (Å²) in [6.07, 6.45) is 6.21. The molecule has 24 heavy (non-hydrogen) atoms. The third-order valence-electron chi connectivity index (χ3n) is 6.99. The lowest BCUT2D eigenvalue weighted by molar-refractivity contribution is 0.0697. The number of hydrogen-bond donors (Lipinski definition) is 2. The van der Waals surface area contributed by atoms with Gasteiger partial charge in [0.15, 0.2) is 0 Å². The van der Waals surface area contributed by atoms with Crippen LogP contribution in [0.25, 0.3) is 0 Å². The molecule has 2 fully saturated rings. The highest BCUT2D eigenvalue weighted by Gasteiger charge is 2.54. The molecule has 3 nitrogen and oxygen atoms in total. The van der Waals surface area contributed by atoms with Gasteiger partial charge in [0.05, 0.1) is 11.3 Å². The van der Waals surface area contributed by atoms with E-state index in [1.54, 1.807) is 6.07 Å². The molecule has 1 aromatic carbocycles. The van der Waals surface area contributed by atoms with E-state index in [2.05, 4.69) is 19.2 Å². The lowest BCUT2D eigenvalue weighted by atomic mass is 9.65. The summed E-state index contributed by atoms with van der Waals surface area (Å²) in [4.78, 5) is 11.8. The maximum atomic E-state index is 11.8. The third kappa shape index (κ3) is 2.28. The number of benzene rings is 1. The summed E-state index contributed by atoms with van der Waals surface area (Å²) in [5, 5.41) is 13.9. The number of rotatable bonds is 4. The van der Waals surface area contributed by atoms with E-state index in [9.17, 15) is 9.90 Å². The van der Waals surface area contributed by atoms with Gasteiger partial charge in [-0.05, 0) is 66.5 Å². The van der Waals surface area contributed by atoms with Crippen LogP contribution in [0.3, 0.4) is 0 Å². The second-order valence-corrected chi connectivity index (χ2v) is 8.34. The largest absolute Gasteiger partial charge is 0.478 e. The van der Waals surface area contributed by atoms with Crippen LogP contribution in [0, 0.1) is 23.7 Å². The van der Waals surface area contributed by atoms with E-state index in [1.807, 2.05) is 6.07 Å². The Hall–Kier alpha value is -1.22. The molecule has 0 aromatic heterocycles. The molecular formula is C20H26ClNO2. The average Bonchev–Trinajstić information content (AvgIpc) is 3.17. The Morgan fingerprint density at radius 3 is 2.67 bits per heavy atom. The number of carbonyl (C=O) groups is 1. The Morgan fingerprint density at radius 1 is 1.29 bits per heavy atom. The molecule has 2 bridgehead atoms. The smallest absolute Gasteiger partial charge is 0.337 e. The van der Waals surface area contributed by atoms with Crippen molar-refractivity contribution in [2.75, 3.05) is 5.32 Å². The van der Waals surface area contributed by atoms with Gasteiger partial charge in [-0.2, -0.15) is 0 Å². The van der Waals surface area contributed by atoms with Gasteiger partial charge in [-0.3, -0.25) is 0 Å². The van der Waals surface area contributed by atoms with Crippen molar-refractivity contribution in [2.45, 2.75) is 57.9 Å². The molecule has 3 aliphatic rings. The number of aromatic carboxylic acids is 1. The summed E-state index contributed by atoms with van der Waals surface area (Å²) in [5.74, 6) is 2.34. The van der Waals surface area contributed by atoms with E-state index in [1.165, 1.54) is 24.8 Å². The van der Waals surface area contributed by atoms with Crippen LogP contribution in [-0.4, -0.2) is 17.1 Å². The summed E-state index contributed by atoms with van der Waals surface area (Å²) < 4.78 is 0. The van der Waals surface area contributed by atoms with Crippen molar-refractivity contribution >= 4 is 23.3 Å². The zero-order valence-electron chi connectivity index (χ0n) is 14.4. The average molecular weight is 348 g/mol. The van der Waals surface area contributed by atoms with Crippen LogP contribution < -0.4 is 5.32 Å². The maximum absolute atomic E-state index is 11.8. The Bertz CT molecular complexity index is 670. The number of hydrogen-bond acceptors (Lipinski definition) is 2. The fraction of sp³-hybridized carbons (Fsp3) is 0.650. The van der Waals surface area contributed by atoms with Gasteiger partial charge in [-0.15, -0.1) is 0 Å². The van der Waals surface area contributed by atoms with Gasteiger partial charge < -0.3 is 10.4 Å². The van der Waals surface area contributed by atoms with Crippen LogP contribution in [0.15, 0.2) is 12.1 Å². The van der Waals surface area contributed by atoms with Crippen LogP contribution in [0.5, 0.6) is 0 Å². The number of fused-ring (bicyclic) bond motifs is 7. The Morgan fingerprint density at radius 2 is 2.00 bits per heavy atom. The van der Waals surface area contributed by atoms with Crippen LogP contribution >= 0.6 is 11.6 Å². The molecule has 130 valence electrons. The van der Waals surface area contributed by atoms with Crippen molar-refractivity contribution in [3.8, 4) is 0 Å². The van der Waals surface area contributed by atoms with E-state index in [0.717, 1.165) is 24.4 Å². The standard InChI is InChI=1S/C20H26ClNO2/c1-3-10(4-2)18-17-12-6-5-11(7-12)16(17)14-8-13(21)9-15(20(23)24)19(14)22-18/h8-12,16-18,22H,3-7H2,1-2H3,(H,23,24)/t11-,12-,16+,17-,18-/m0/s1. The molecule has 2 saturated carbocycles. The molecule has 0 amide bonds. The lowest BCUT2D eigenvalue weighted by Crippen LogP contribution is -2.45. The van der Waals surface area contributed by atoms with Gasteiger partial charge in [0, 0.05) is 11.1 Å². The number of nitrogens with one attached hydrogen (secondary N) is 1. The van der Waals surface area contributed by atoms with Gasteiger partial charge in [-0.1, -0.05) is 38.3 Å². The van der Waals surface area contributed by atoms with Crippen molar-refractivity contribution in [1.29, 1.82) is 0 Å². The normalized spacial score (nSPS) is 33.2. The van der Waals surface area contributed by atoms with E-state index >= 15 is 0 Å². The molecular weight excluding hydrogens is 322 g/mol. The highest BCUT2D eigenvalue weighted by Crippen LogP contribution is 2.62. The summed E-state index contributed by atoms with van der Waals surface area (Å²) in [5.41, 5.74) is 2.35. The zero-order valence-corrected chi connectivity index (χ0v) is 15.1. The van der Waals surface area contributed by atoms with E-state index in [0.29, 0.717) is 40.3 Å². The highest BCUT2D eigenvalue weighted by atomic mass is 35.5. The van der Waals surface area contributed by atoms with Crippen molar-refractivity contribution in [2.24, 2.45) is 23.7 Å². The van der Waals surface area contributed by atoms with Crippen molar-refractivity contribution in [3.05, 3.63) is 28.3 Å². The first kappa shape index (κ1) is 16.3. The molecule has 0 unspecified atom stereocenters. The molecule has 4 heteroatoms. The van der Waals surface area contributed by atoms with Gasteiger partial charge in [-0.25, -0.2) is 4.79 Å². The maximum Gasteiger partial charge on any atom is 0.337 e. The molecule has 0 saturated heterocycles. The van der Waals surface area contributed by atoms with Crippen molar-refractivity contribution in [3.63, 3.8) is 0 Å². The first-order valence-corrected chi connectivity index (χ1v) is 9.76. The van der Waals surface area contributed by atoms with Gasteiger partial charge in [0.25, 0.3) is 0 Å². The van der Waals surface area contributed by atoms with Gasteiger partial charge >= 0.3 is 5.97 Å². The predicted octanol–water partition coefficient (Wildman–Crippen LogP) is 5.40. The fourth-order valence-corrected chi connectivity index (χ4v) is 6.25. The third-order valence-corrected chi connectivity index (χ3v) is 7.20. The minimum atomic E-state index is -0.883. The molecule has 5 atom stereocenters. The topological polar surface area (TPSA) is 49.3 Å². The first-order chi connectivity index (χ1) is 11.5. The summed E-state index contributed by atoms with van der Waals surface area (Å²) >= 11 is 6.28. The summed E-state index contributed by atoms with van der Waals surface area (Å²) in [6, 6.07) is 4.03. The molecule has 1 aromatic rings. The van der Waals surface area contributed by atoms with Gasteiger partial charge in [0.1, 0.15) is 0 Å². The highest BCUT2D eigenvalue weighted by molar-refractivity contribution is 6.31. The Kier molecular flexibility index (Phi) is 4.03. The second-order valence-electron chi connectivity index (χ2n) is 7.91. The van der Waals surface area contributed by atoms with Gasteiger partial charge in [0.2, 0.25) is 0 Å².